The first-order chi connectivity index (χ1) is 12.1. The molecule has 2 heterocycles. The predicted octanol–water partition coefficient (Wildman–Crippen LogP) is 2.36. The maximum Gasteiger partial charge on any atom is 0.105 e. The summed E-state index contributed by atoms with van der Waals surface area (Å²) in [6, 6.07) is 0. The number of nitrogens with zero attached hydrogens (tertiary/aromatic N) is 4. The highest BCUT2D eigenvalue weighted by atomic mass is 15.1. The van der Waals surface area contributed by atoms with Crippen LogP contribution in [0.3, 0.4) is 0 Å². The minimum atomic E-state index is 1.01. The smallest absolute Gasteiger partial charge is 0.105 e. The number of hydrogen-bond donors (Lipinski definition) is 2. The van der Waals surface area contributed by atoms with Crippen molar-refractivity contribution < 1.29 is 0 Å². The molecule has 0 aliphatic rings. The third-order valence-corrected chi connectivity index (χ3v) is 4.74. The fourth-order valence-corrected chi connectivity index (χ4v) is 3.15. The summed E-state index contributed by atoms with van der Waals surface area (Å²) in [6.07, 6.45) is 7.63. The molecule has 0 saturated heterocycles. The summed E-state index contributed by atoms with van der Waals surface area (Å²) < 4.78 is 4.53. The molecule has 0 aliphatic heterocycles. The normalized spacial score (nSPS) is 11.4. The molecule has 25 heavy (non-hydrogen) atoms. The molecule has 0 spiro atoms. The van der Waals surface area contributed by atoms with Crippen molar-refractivity contribution in [1.29, 1.82) is 0 Å². The maximum atomic E-state index is 4.33. The number of hydrogen-bond acceptors (Lipinski definition) is 4. The molecule has 2 N–H and O–H groups in total. The van der Waals surface area contributed by atoms with Crippen LogP contribution < -0.4 is 10.6 Å². The van der Waals surface area contributed by atoms with E-state index >= 15 is 0 Å². The fraction of sp³-hybridized carbons (Fsp3) is 0.684. The minimum absolute atomic E-state index is 1.01. The summed E-state index contributed by atoms with van der Waals surface area (Å²) in [5.41, 5.74) is 2.48. The number of aromatic nitrogens is 4. The van der Waals surface area contributed by atoms with Gasteiger partial charge in [0, 0.05) is 50.0 Å². The number of rotatable bonds is 12. The van der Waals surface area contributed by atoms with Gasteiger partial charge in [-0.2, -0.15) is 0 Å². The van der Waals surface area contributed by atoms with Crippen molar-refractivity contribution in [3.8, 4) is 0 Å². The quantitative estimate of drug-likeness (QED) is 0.579. The first-order valence-electron chi connectivity index (χ1n) is 9.48. The molecule has 2 aromatic rings. The van der Waals surface area contributed by atoms with Gasteiger partial charge in [-0.3, -0.25) is 0 Å². The van der Waals surface area contributed by atoms with Crippen LogP contribution in [-0.4, -0.2) is 45.3 Å². The molecule has 140 valence electrons. The average molecular weight is 347 g/mol. The molecule has 0 fully saturated rings. The molecule has 0 bridgehead atoms. The predicted molar refractivity (Wildman–Crippen MR) is 103 cm³/mol. The summed E-state index contributed by atoms with van der Waals surface area (Å²) in [6.45, 7) is 14.6. The van der Waals surface area contributed by atoms with Crippen LogP contribution in [-0.2, 0) is 13.1 Å². The van der Waals surface area contributed by atoms with Crippen LogP contribution in [0.5, 0.6) is 0 Å². The van der Waals surface area contributed by atoms with Gasteiger partial charge in [-0.25, -0.2) is 9.97 Å². The second-order valence-electron chi connectivity index (χ2n) is 6.76. The Bertz CT molecular complexity index is 535. The lowest BCUT2D eigenvalue weighted by molar-refractivity contribution is 0.530. The minimum Gasteiger partial charge on any atom is -0.331 e. The van der Waals surface area contributed by atoms with Crippen LogP contribution in [0.1, 0.15) is 42.3 Å². The fourth-order valence-electron chi connectivity index (χ4n) is 3.15. The third kappa shape index (κ3) is 6.29. The summed E-state index contributed by atoms with van der Waals surface area (Å²) >= 11 is 0. The van der Waals surface area contributed by atoms with E-state index in [0.717, 1.165) is 50.9 Å². The van der Waals surface area contributed by atoms with Crippen LogP contribution in [0.15, 0.2) is 12.4 Å². The Kier molecular flexibility index (Phi) is 8.15. The Morgan fingerprint density at radius 1 is 0.680 bits per heavy atom. The Labute approximate surface area is 152 Å². The van der Waals surface area contributed by atoms with E-state index in [1.165, 1.54) is 30.7 Å². The molecule has 0 atom stereocenters. The van der Waals surface area contributed by atoms with Gasteiger partial charge >= 0.3 is 0 Å². The zero-order chi connectivity index (χ0) is 18.1. The van der Waals surface area contributed by atoms with Gasteiger partial charge in [0.05, 0.1) is 0 Å². The summed E-state index contributed by atoms with van der Waals surface area (Å²) in [5, 5.41) is 7.06. The van der Waals surface area contributed by atoms with Crippen molar-refractivity contribution in [2.75, 3.05) is 26.2 Å². The molecule has 6 nitrogen and oxygen atoms in total. The van der Waals surface area contributed by atoms with Crippen LogP contribution >= 0.6 is 0 Å². The lowest BCUT2D eigenvalue weighted by atomic mass is 10.2. The second kappa shape index (κ2) is 10.4. The average Bonchev–Trinajstić information content (AvgIpc) is 3.08. The van der Waals surface area contributed by atoms with Crippen molar-refractivity contribution in [3.05, 3.63) is 35.4 Å². The first-order valence-corrected chi connectivity index (χ1v) is 9.48. The van der Waals surface area contributed by atoms with E-state index in [2.05, 4.69) is 57.4 Å². The van der Waals surface area contributed by atoms with Gasteiger partial charge in [-0.1, -0.05) is 6.42 Å². The topological polar surface area (TPSA) is 59.7 Å². The van der Waals surface area contributed by atoms with E-state index in [9.17, 15) is 0 Å². The zero-order valence-electron chi connectivity index (χ0n) is 16.3. The highest BCUT2D eigenvalue weighted by Crippen LogP contribution is 2.02. The van der Waals surface area contributed by atoms with Crippen LogP contribution in [0.25, 0.3) is 0 Å². The van der Waals surface area contributed by atoms with Gasteiger partial charge < -0.3 is 19.8 Å². The SMILES string of the molecule is Cc1cnc(C)n1CCNCCCCCNCCn1c(C)cnc1C. The summed E-state index contributed by atoms with van der Waals surface area (Å²) in [4.78, 5) is 8.66. The largest absolute Gasteiger partial charge is 0.331 e. The molecule has 0 aliphatic carbocycles. The van der Waals surface area contributed by atoms with Gasteiger partial charge in [0.25, 0.3) is 0 Å². The number of nitrogens with one attached hydrogen (secondary N) is 2. The second-order valence-corrected chi connectivity index (χ2v) is 6.76. The van der Waals surface area contributed by atoms with E-state index in [1.807, 2.05) is 12.4 Å². The van der Waals surface area contributed by atoms with Gasteiger partial charge in [0.1, 0.15) is 11.6 Å². The highest BCUT2D eigenvalue weighted by molar-refractivity contribution is 5.02. The van der Waals surface area contributed by atoms with Crippen molar-refractivity contribution in [2.24, 2.45) is 0 Å². The van der Waals surface area contributed by atoms with Gasteiger partial charge in [0.15, 0.2) is 0 Å². The molecule has 6 heteroatoms. The van der Waals surface area contributed by atoms with Crippen molar-refractivity contribution in [2.45, 2.75) is 60.0 Å². The molecule has 0 saturated carbocycles. The molecular weight excluding hydrogens is 312 g/mol. The molecular formula is C19H34N6. The molecule has 0 unspecified atom stereocenters. The zero-order valence-corrected chi connectivity index (χ0v) is 16.3. The Morgan fingerprint density at radius 3 is 1.48 bits per heavy atom. The standard InChI is InChI=1S/C19H34N6/c1-16-14-22-18(3)24(16)12-10-20-8-6-5-7-9-21-11-13-25-17(2)15-23-19(25)4/h14-15,20-21H,5-13H2,1-4H3. The van der Waals surface area contributed by atoms with E-state index in [0.29, 0.717) is 0 Å². The molecule has 0 aromatic carbocycles. The molecule has 2 aromatic heterocycles. The lowest BCUT2D eigenvalue weighted by Gasteiger charge is -2.10. The van der Waals surface area contributed by atoms with Crippen molar-refractivity contribution in [3.63, 3.8) is 0 Å². The summed E-state index contributed by atoms with van der Waals surface area (Å²) in [5.74, 6) is 2.21. The van der Waals surface area contributed by atoms with E-state index < -0.39 is 0 Å². The number of imidazole rings is 2. The third-order valence-electron chi connectivity index (χ3n) is 4.74. The molecule has 0 radical (unpaired) electrons. The van der Waals surface area contributed by atoms with Gasteiger partial charge in [-0.05, 0) is 53.6 Å². The maximum absolute atomic E-state index is 4.33. The van der Waals surface area contributed by atoms with E-state index in [-0.39, 0.29) is 0 Å². The number of aryl methyl sites for hydroxylation is 4. The van der Waals surface area contributed by atoms with Crippen LogP contribution in [0.2, 0.25) is 0 Å². The monoisotopic (exact) mass is 346 g/mol. The molecule has 2 rings (SSSR count). The van der Waals surface area contributed by atoms with Gasteiger partial charge in [0.2, 0.25) is 0 Å². The highest BCUT2D eigenvalue weighted by Gasteiger charge is 2.02. The Morgan fingerprint density at radius 2 is 1.12 bits per heavy atom. The van der Waals surface area contributed by atoms with Crippen molar-refractivity contribution >= 4 is 0 Å². The van der Waals surface area contributed by atoms with Crippen molar-refractivity contribution in [1.82, 2.24) is 29.7 Å². The molecule has 0 amide bonds. The van der Waals surface area contributed by atoms with Crippen LogP contribution in [0.4, 0.5) is 0 Å². The van der Waals surface area contributed by atoms with Crippen LogP contribution in [0, 0.1) is 27.7 Å². The van der Waals surface area contributed by atoms with E-state index in [1.54, 1.807) is 0 Å². The lowest BCUT2D eigenvalue weighted by Crippen LogP contribution is -2.23. The number of unbranched alkanes of at least 4 members (excludes halogenated alkanes) is 2. The Balaban J connectivity index is 1.41. The summed E-state index contributed by atoms with van der Waals surface area (Å²) in [7, 11) is 0. The van der Waals surface area contributed by atoms with E-state index in [4.69, 9.17) is 0 Å². The first kappa shape index (κ1) is 19.7. The Hall–Kier alpha value is -1.66. The van der Waals surface area contributed by atoms with Gasteiger partial charge in [-0.15, -0.1) is 0 Å².